The van der Waals surface area contributed by atoms with Crippen molar-refractivity contribution < 1.29 is 4.99 Å². The van der Waals surface area contributed by atoms with Gasteiger partial charge in [-0.3, -0.25) is 0 Å². The molecule has 3 rings (SSSR count). The first-order chi connectivity index (χ1) is 7.43. The molecule has 0 radical (unpaired) electrons. The molecule has 2 N–H and O–H groups in total. The van der Waals surface area contributed by atoms with Gasteiger partial charge in [-0.25, -0.2) is 10.3 Å². The molecule has 0 amide bonds. The molecule has 0 saturated carbocycles. The molecule has 0 fully saturated rings. The second kappa shape index (κ2) is 3.48. The van der Waals surface area contributed by atoms with Gasteiger partial charge in [0.15, 0.2) is 5.71 Å². The maximum Gasteiger partial charge on any atom is 0.232 e. The average molecular weight is 197 g/mol. The molecule has 1 aliphatic heterocycles. The van der Waals surface area contributed by atoms with Gasteiger partial charge in [0, 0.05) is 11.6 Å². The maximum atomic E-state index is 3.52. The van der Waals surface area contributed by atoms with Crippen molar-refractivity contribution in [2.24, 2.45) is 0 Å². The summed E-state index contributed by atoms with van der Waals surface area (Å²) in [4.78, 5) is 3.48. The van der Waals surface area contributed by atoms with Crippen molar-refractivity contribution in [1.82, 2.24) is 5.32 Å². The average Bonchev–Trinajstić information content (AvgIpc) is 2.74. The van der Waals surface area contributed by atoms with Crippen molar-refractivity contribution in [3.05, 3.63) is 60.2 Å². The molecular weight excluding hydrogens is 184 g/mol. The number of nitrogens with one attached hydrogen (secondary N) is 2. The van der Waals surface area contributed by atoms with Gasteiger partial charge in [-0.15, -0.1) is 0 Å². The summed E-state index contributed by atoms with van der Waals surface area (Å²) in [6, 6.07) is 10.8. The van der Waals surface area contributed by atoms with E-state index in [4.69, 9.17) is 0 Å². The fraction of sp³-hybridized carbons (Fsp3) is 0.154. The highest BCUT2D eigenvalue weighted by Gasteiger charge is 2.31. The molecule has 2 atom stereocenters. The van der Waals surface area contributed by atoms with Crippen molar-refractivity contribution >= 4 is 5.71 Å². The lowest BCUT2D eigenvalue weighted by Gasteiger charge is -2.06. The van der Waals surface area contributed by atoms with E-state index in [-0.39, 0.29) is 6.17 Å². The predicted octanol–water partition coefficient (Wildman–Crippen LogP) is 0.305. The van der Waals surface area contributed by atoms with E-state index in [0.29, 0.717) is 6.04 Å². The van der Waals surface area contributed by atoms with E-state index in [1.165, 1.54) is 11.3 Å². The van der Waals surface area contributed by atoms with Crippen LogP contribution in [-0.2, 0) is 0 Å². The number of benzene rings is 1. The molecule has 1 aromatic carbocycles. The Morgan fingerprint density at radius 3 is 2.73 bits per heavy atom. The summed E-state index contributed by atoms with van der Waals surface area (Å²) in [6.45, 7) is 0. The van der Waals surface area contributed by atoms with Crippen LogP contribution in [0.2, 0.25) is 0 Å². The number of rotatable bonds is 1. The predicted molar refractivity (Wildman–Crippen MR) is 60.4 cm³/mol. The van der Waals surface area contributed by atoms with Crippen LogP contribution in [0.3, 0.4) is 0 Å². The Morgan fingerprint density at radius 1 is 1.07 bits per heavy atom. The third-order valence-electron chi connectivity index (χ3n) is 2.82. The van der Waals surface area contributed by atoms with Gasteiger partial charge in [0.2, 0.25) is 6.17 Å². The first-order valence-corrected chi connectivity index (χ1v) is 5.23. The van der Waals surface area contributed by atoms with Gasteiger partial charge in [-0.1, -0.05) is 48.6 Å². The molecule has 2 aliphatic rings. The number of allylic oxidation sites excluding steroid dienone is 2. The van der Waals surface area contributed by atoms with Crippen molar-refractivity contribution in [2.75, 3.05) is 0 Å². The summed E-state index contributed by atoms with van der Waals surface area (Å²) in [7, 11) is 0. The molecule has 2 nitrogen and oxygen atoms in total. The molecule has 1 aromatic rings. The minimum atomic E-state index is 0.235. The van der Waals surface area contributed by atoms with Crippen LogP contribution < -0.4 is 10.3 Å². The third-order valence-corrected chi connectivity index (χ3v) is 2.82. The smallest absolute Gasteiger partial charge is 0.232 e. The summed E-state index contributed by atoms with van der Waals surface area (Å²) < 4.78 is 0. The molecule has 2 unspecified atom stereocenters. The van der Waals surface area contributed by atoms with Gasteiger partial charge in [-0.2, -0.15) is 0 Å². The van der Waals surface area contributed by atoms with Crippen LogP contribution in [0.25, 0.3) is 0 Å². The quantitative estimate of drug-likeness (QED) is 0.665. The molecule has 15 heavy (non-hydrogen) atoms. The fourth-order valence-corrected chi connectivity index (χ4v) is 2.04. The van der Waals surface area contributed by atoms with Gasteiger partial charge in [0.25, 0.3) is 0 Å². The Bertz CT molecular complexity index is 443. The second-order valence-corrected chi connectivity index (χ2v) is 3.83. The van der Waals surface area contributed by atoms with Crippen LogP contribution in [0.4, 0.5) is 0 Å². The monoisotopic (exact) mass is 197 g/mol. The topological polar surface area (TPSA) is 26.0 Å². The molecule has 1 aliphatic carbocycles. The number of hydrogen-bond acceptors (Lipinski definition) is 1. The lowest BCUT2D eigenvalue weighted by molar-refractivity contribution is -0.505. The Labute approximate surface area is 89.0 Å². The lowest BCUT2D eigenvalue weighted by atomic mass is 10.1. The first kappa shape index (κ1) is 8.62. The highest BCUT2D eigenvalue weighted by Crippen LogP contribution is 2.11. The zero-order chi connectivity index (χ0) is 10.1. The lowest BCUT2D eigenvalue weighted by Crippen LogP contribution is -2.72. The third kappa shape index (κ3) is 1.53. The highest BCUT2D eigenvalue weighted by atomic mass is 15.2. The minimum Gasteiger partial charge on any atom is -0.239 e. The Balaban J connectivity index is 1.91. The molecule has 0 bridgehead atoms. The molecule has 2 heteroatoms. The van der Waals surface area contributed by atoms with E-state index in [2.05, 4.69) is 58.9 Å². The van der Waals surface area contributed by atoms with Gasteiger partial charge >= 0.3 is 0 Å². The zero-order valence-corrected chi connectivity index (χ0v) is 8.35. The van der Waals surface area contributed by atoms with Crippen molar-refractivity contribution in [3.63, 3.8) is 0 Å². The van der Waals surface area contributed by atoms with Gasteiger partial charge < -0.3 is 0 Å². The van der Waals surface area contributed by atoms with Crippen LogP contribution in [0.15, 0.2) is 54.6 Å². The minimum absolute atomic E-state index is 0.235. The van der Waals surface area contributed by atoms with Gasteiger partial charge in [0.05, 0.1) is 0 Å². The van der Waals surface area contributed by atoms with Crippen molar-refractivity contribution in [1.29, 1.82) is 0 Å². The first-order valence-electron chi connectivity index (χ1n) is 5.23. The molecular formula is C13H13N2+. The maximum absolute atomic E-state index is 3.52. The van der Waals surface area contributed by atoms with Gasteiger partial charge in [0.1, 0.15) is 6.04 Å². The Morgan fingerprint density at radius 2 is 1.93 bits per heavy atom. The largest absolute Gasteiger partial charge is 0.239 e. The summed E-state index contributed by atoms with van der Waals surface area (Å²) in [5, 5.41) is 3.52. The van der Waals surface area contributed by atoms with E-state index >= 15 is 0 Å². The van der Waals surface area contributed by atoms with E-state index < -0.39 is 0 Å². The van der Waals surface area contributed by atoms with Crippen LogP contribution in [0, 0.1) is 0 Å². The second-order valence-electron chi connectivity index (χ2n) is 3.83. The van der Waals surface area contributed by atoms with E-state index in [9.17, 15) is 0 Å². The fourth-order valence-electron chi connectivity index (χ4n) is 2.04. The van der Waals surface area contributed by atoms with Crippen molar-refractivity contribution in [3.8, 4) is 0 Å². The number of hydrogen-bond donors (Lipinski definition) is 2. The normalized spacial score (nSPS) is 27.6. The standard InChI is InChI=1S/C13H12N2/c1-2-6-10(7-3-1)13-14-11-8-4-5-9-12(11)15-13/h1-9,11,13-14H/p+1. The Hall–Kier alpha value is -1.67. The zero-order valence-electron chi connectivity index (χ0n) is 8.35. The summed E-state index contributed by atoms with van der Waals surface area (Å²) in [5.41, 5.74) is 2.53. The molecule has 0 spiro atoms. The Kier molecular flexibility index (Phi) is 2.00. The molecule has 0 aromatic heterocycles. The summed E-state index contributed by atoms with van der Waals surface area (Å²) >= 11 is 0. The van der Waals surface area contributed by atoms with Crippen LogP contribution in [0.1, 0.15) is 11.7 Å². The molecule has 1 heterocycles. The SMILES string of the molecule is C1=CC2=[NH+]C(c3ccccc3)NC2C=C1. The summed E-state index contributed by atoms with van der Waals surface area (Å²) in [6.07, 6.45) is 8.68. The van der Waals surface area contributed by atoms with Crippen LogP contribution >= 0.6 is 0 Å². The van der Waals surface area contributed by atoms with E-state index in [0.717, 1.165) is 0 Å². The van der Waals surface area contributed by atoms with Crippen LogP contribution in [0.5, 0.6) is 0 Å². The highest BCUT2D eigenvalue weighted by molar-refractivity contribution is 5.98. The summed E-state index contributed by atoms with van der Waals surface area (Å²) in [5.74, 6) is 0. The van der Waals surface area contributed by atoms with E-state index in [1.807, 2.05) is 6.07 Å². The van der Waals surface area contributed by atoms with Gasteiger partial charge in [-0.05, 0) is 0 Å². The van der Waals surface area contributed by atoms with Crippen LogP contribution in [-0.4, -0.2) is 11.8 Å². The molecule has 74 valence electrons. The van der Waals surface area contributed by atoms with Crippen molar-refractivity contribution in [2.45, 2.75) is 12.2 Å². The number of fused-ring (bicyclic) bond motifs is 1. The van der Waals surface area contributed by atoms with E-state index in [1.54, 1.807) is 0 Å². The molecule has 0 saturated heterocycles.